The van der Waals surface area contributed by atoms with E-state index in [9.17, 15) is 36.4 Å². The van der Waals surface area contributed by atoms with Crippen LogP contribution in [-0.2, 0) is 29.1 Å². The Morgan fingerprint density at radius 1 is 1.13 bits per heavy atom. The van der Waals surface area contributed by atoms with Crippen LogP contribution in [0.2, 0.25) is 0 Å². The van der Waals surface area contributed by atoms with Crippen LogP contribution in [0.25, 0.3) is 10.8 Å². The molecule has 7 atom stereocenters. The molecule has 1 aromatic heterocycles. The highest BCUT2D eigenvalue weighted by Crippen LogP contribution is 2.48. The van der Waals surface area contributed by atoms with Gasteiger partial charge in [0.2, 0.25) is 22.7 Å². The second kappa shape index (κ2) is 14.8. The molecule has 55 heavy (non-hydrogen) atoms. The van der Waals surface area contributed by atoms with Gasteiger partial charge in [0.1, 0.15) is 29.3 Å². The van der Waals surface area contributed by atoms with E-state index in [4.69, 9.17) is 14.2 Å². The van der Waals surface area contributed by atoms with E-state index in [0.717, 1.165) is 0 Å². The Kier molecular flexibility index (Phi) is 10.8. The van der Waals surface area contributed by atoms with Crippen LogP contribution >= 0.6 is 0 Å². The fourth-order valence-corrected chi connectivity index (χ4v) is 8.73. The molecular weight excluding hydrogens is 741 g/mol. The van der Waals surface area contributed by atoms with E-state index in [1.165, 1.54) is 30.3 Å². The molecule has 3 heterocycles. The number of fused-ring (bicyclic) bond motifs is 3. The summed E-state index contributed by atoms with van der Waals surface area (Å²) < 4.78 is 74.0. The molecule has 2 saturated carbocycles. The second-order valence-electron chi connectivity index (χ2n) is 16.3. The maximum Gasteiger partial charge on any atom is 0.408 e. The minimum Gasteiger partial charge on any atom is -0.494 e. The van der Waals surface area contributed by atoms with Gasteiger partial charge in [-0.25, -0.2) is 31.7 Å². The summed E-state index contributed by atoms with van der Waals surface area (Å²) >= 11 is 0. The average molecular weight is 790 g/mol. The van der Waals surface area contributed by atoms with Gasteiger partial charge >= 0.3 is 6.09 Å². The summed E-state index contributed by atoms with van der Waals surface area (Å²) in [6.45, 7) is 8.76. The number of rotatable bonds is 7. The highest BCUT2D eigenvalue weighted by Gasteiger charge is 2.64. The Bertz CT molecular complexity index is 2000. The third kappa shape index (κ3) is 8.50. The number of hydrogen-bond acceptors (Lipinski definition) is 10. The molecule has 0 unspecified atom stereocenters. The van der Waals surface area contributed by atoms with Crippen LogP contribution in [0.3, 0.4) is 0 Å². The van der Waals surface area contributed by atoms with Gasteiger partial charge in [0.15, 0.2) is 11.6 Å². The van der Waals surface area contributed by atoms with Gasteiger partial charge in [-0.2, -0.15) is 0 Å². The molecule has 300 valence electrons. The van der Waals surface area contributed by atoms with Crippen LogP contribution in [0.4, 0.5) is 13.6 Å². The summed E-state index contributed by atoms with van der Waals surface area (Å²) in [5.41, 5.74) is -2.61. The minimum absolute atomic E-state index is 0.0171. The van der Waals surface area contributed by atoms with Crippen molar-refractivity contribution in [1.82, 2.24) is 25.2 Å². The molecule has 4 aliphatic rings. The summed E-state index contributed by atoms with van der Waals surface area (Å²) in [6, 6.07) is 1.94. The summed E-state index contributed by atoms with van der Waals surface area (Å²) in [4.78, 5) is 61.5. The van der Waals surface area contributed by atoms with Crippen LogP contribution in [0, 0.1) is 23.6 Å². The maximum absolute atomic E-state index is 14.8. The molecule has 0 bridgehead atoms. The fourth-order valence-electron chi connectivity index (χ4n) is 7.48. The van der Waals surface area contributed by atoms with Crippen LogP contribution in [0.15, 0.2) is 36.5 Å². The zero-order valence-corrected chi connectivity index (χ0v) is 32.6. The van der Waals surface area contributed by atoms with Gasteiger partial charge in [0.05, 0.1) is 13.7 Å². The average Bonchev–Trinajstić information content (AvgIpc) is 3.98. The molecule has 4 amide bonds. The summed E-state index contributed by atoms with van der Waals surface area (Å²) in [6.07, 6.45) is 4.62. The predicted octanol–water partition coefficient (Wildman–Crippen LogP) is 4.42. The molecule has 3 N–H and O–H groups in total. The van der Waals surface area contributed by atoms with Crippen molar-refractivity contribution < 1.29 is 50.6 Å². The molecule has 1 saturated heterocycles. The third-order valence-corrected chi connectivity index (χ3v) is 12.5. The van der Waals surface area contributed by atoms with Gasteiger partial charge in [0, 0.05) is 36.8 Å². The number of allylic oxidation sites excluding steroid dienone is 1. The van der Waals surface area contributed by atoms with Gasteiger partial charge in [-0.15, -0.1) is 0 Å². The molecule has 0 spiro atoms. The number of amides is 4. The number of pyridine rings is 1. The van der Waals surface area contributed by atoms with E-state index in [1.807, 2.05) is 24.6 Å². The molecule has 0 radical (unpaired) electrons. The van der Waals surface area contributed by atoms with Crippen molar-refractivity contribution in [3.63, 3.8) is 0 Å². The Hall–Kier alpha value is -4.54. The Balaban J connectivity index is 1.35. The number of alkyl carbamates (subject to hydrolysis) is 1. The smallest absolute Gasteiger partial charge is 0.408 e. The highest BCUT2D eigenvalue weighted by atomic mass is 32.2. The van der Waals surface area contributed by atoms with E-state index in [0.29, 0.717) is 30.0 Å². The van der Waals surface area contributed by atoms with Crippen molar-refractivity contribution in [3.8, 4) is 11.6 Å². The summed E-state index contributed by atoms with van der Waals surface area (Å²) in [7, 11) is -3.35. The van der Waals surface area contributed by atoms with Crippen molar-refractivity contribution in [2.24, 2.45) is 17.8 Å². The van der Waals surface area contributed by atoms with Crippen LogP contribution < -0.4 is 24.8 Å². The van der Waals surface area contributed by atoms with E-state index >= 15 is 0 Å². The van der Waals surface area contributed by atoms with E-state index in [1.54, 1.807) is 32.9 Å². The highest BCUT2D eigenvalue weighted by molar-refractivity contribution is 7.91. The van der Waals surface area contributed by atoms with Crippen LogP contribution in [0.1, 0.15) is 79.6 Å². The number of nitrogens with one attached hydrogen (secondary N) is 3. The molecule has 14 nitrogen and oxygen atoms in total. The third-order valence-electron chi connectivity index (χ3n) is 10.7. The van der Waals surface area contributed by atoms with Crippen molar-refractivity contribution in [3.05, 3.63) is 42.4 Å². The van der Waals surface area contributed by atoms with Gasteiger partial charge in [0.25, 0.3) is 15.9 Å². The first kappa shape index (κ1) is 40.1. The van der Waals surface area contributed by atoms with E-state index in [2.05, 4.69) is 15.6 Å². The van der Waals surface area contributed by atoms with E-state index in [-0.39, 0.29) is 49.8 Å². The number of ether oxygens (including phenoxy) is 3. The predicted molar refractivity (Wildman–Crippen MR) is 196 cm³/mol. The second-order valence-corrected chi connectivity index (χ2v) is 18.3. The first-order valence-corrected chi connectivity index (χ1v) is 20.1. The lowest BCUT2D eigenvalue weighted by Crippen LogP contribution is -2.59. The van der Waals surface area contributed by atoms with Crippen molar-refractivity contribution in [2.45, 2.75) is 114 Å². The molecular formula is C38H49F2N5O9S. The topological polar surface area (TPSA) is 182 Å². The number of halogens is 2. The van der Waals surface area contributed by atoms with Crippen molar-refractivity contribution in [1.29, 1.82) is 0 Å². The molecule has 6 rings (SSSR count). The van der Waals surface area contributed by atoms with E-state index < -0.39 is 85.8 Å². The number of nitrogens with zero attached hydrogens (tertiary/aromatic N) is 2. The quantitative estimate of drug-likeness (QED) is 0.340. The zero-order valence-electron chi connectivity index (χ0n) is 31.8. The van der Waals surface area contributed by atoms with Crippen LogP contribution in [-0.4, -0.2) is 90.1 Å². The Morgan fingerprint density at radius 2 is 1.85 bits per heavy atom. The zero-order chi connectivity index (χ0) is 40.1. The normalized spacial score (nSPS) is 30.1. The standard InChI is InChI=1S/C38H49F2N5O9S/c1-21-9-7-8-10-24-19-38(24,34(48)44-55(50,51)37(40)12-13-37)43-31(46)28-17-25(53-32-26-18-27(39)29(52-6)16-23(26)11-14-41-32)20-45(28)33(47)30(22(2)15-21)42-35(49)54-36(3,4)5/h8,10-11,14,16,18,21-22,24-25,28,30H,7,9,12-13,15,17,19-20H2,1-6H3,(H,42,49)(H,43,46)(H,44,48)/b10-8-/t21-,22-,24-,25-,28+,30+,38-/m1/s1. The SMILES string of the molecule is COc1cc2ccnc(O[C@@H]3C[C@H]4C(=O)N[C@]5(C(=O)NS(=O)(=O)C6(F)CC6)C[C@H]5/C=C\CC[C@@H](C)C[C@@H](C)[C@H](NC(=O)OC(C)(C)C)C(=O)N4C3)c2cc1F. The number of sulfonamides is 1. The molecule has 1 aromatic carbocycles. The number of carbonyl (C=O) groups is 4. The number of aromatic nitrogens is 1. The number of methoxy groups -OCH3 is 1. The molecule has 2 aromatic rings. The maximum atomic E-state index is 14.8. The van der Waals surface area contributed by atoms with Gasteiger partial charge in [-0.3, -0.25) is 14.4 Å². The van der Waals surface area contributed by atoms with Gasteiger partial charge in [-0.1, -0.05) is 26.0 Å². The largest absolute Gasteiger partial charge is 0.494 e. The van der Waals surface area contributed by atoms with Gasteiger partial charge in [-0.05, 0) is 81.9 Å². The lowest BCUT2D eigenvalue weighted by Gasteiger charge is -2.33. The van der Waals surface area contributed by atoms with Gasteiger partial charge < -0.3 is 29.7 Å². The lowest BCUT2D eigenvalue weighted by atomic mass is 9.88. The summed E-state index contributed by atoms with van der Waals surface area (Å²) in [5, 5.41) is 3.79. The fraction of sp³-hybridized carbons (Fsp3) is 0.605. The van der Waals surface area contributed by atoms with Crippen LogP contribution in [0.5, 0.6) is 11.6 Å². The number of hydrogen-bond donors (Lipinski definition) is 3. The minimum atomic E-state index is -4.69. The molecule has 2 aliphatic carbocycles. The number of carbonyl (C=O) groups excluding carboxylic acids is 4. The number of alkyl halides is 1. The van der Waals surface area contributed by atoms with Crippen molar-refractivity contribution in [2.75, 3.05) is 13.7 Å². The Labute approximate surface area is 319 Å². The monoisotopic (exact) mass is 789 g/mol. The Morgan fingerprint density at radius 3 is 2.53 bits per heavy atom. The van der Waals surface area contributed by atoms with Crippen molar-refractivity contribution >= 4 is 44.6 Å². The molecule has 3 fully saturated rings. The first-order valence-electron chi connectivity index (χ1n) is 18.6. The molecule has 17 heteroatoms. The number of benzene rings is 1. The summed E-state index contributed by atoms with van der Waals surface area (Å²) in [5.74, 6) is -3.99. The lowest BCUT2D eigenvalue weighted by molar-refractivity contribution is -0.142. The first-order chi connectivity index (χ1) is 25.8. The molecule has 2 aliphatic heterocycles.